The van der Waals surface area contributed by atoms with Crippen LogP contribution in [0.15, 0.2) is 65.3 Å². The molecule has 2 aliphatic rings. The number of amides is 1. The first-order chi connectivity index (χ1) is 15.0. The van der Waals surface area contributed by atoms with Crippen LogP contribution in [0.3, 0.4) is 0 Å². The average molecular weight is 422 g/mol. The zero-order chi connectivity index (χ0) is 21.6. The third-order valence-electron chi connectivity index (χ3n) is 5.94. The number of anilines is 1. The molecule has 31 heavy (non-hydrogen) atoms. The second-order valence-electron chi connectivity index (χ2n) is 7.95. The van der Waals surface area contributed by atoms with Gasteiger partial charge in [0.2, 0.25) is 5.91 Å². The first-order valence-corrected chi connectivity index (χ1v) is 9.99. The molecule has 2 unspecified atom stereocenters. The van der Waals surface area contributed by atoms with E-state index in [0.717, 1.165) is 16.7 Å². The molecule has 2 aliphatic carbocycles. The van der Waals surface area contributed by atoms with Gasteiger partial charge in [-0.25, -0.2) is 4.39 Å². The molecule has 0 bridgehead atoms. The van der Waals surface area contributed by atoms with Crippen molar-refractivity contribution >= 4 is 17.2 Å². The molecule has 3 aromatic rings. The summed E-state index contributed by atoms with van der Waals surface area (Å²) in [6.07, 6.45) is 9.70. The van der Waals surface area contributed by atoms with Crippen molar-refractivity contribution in [2.45, 2.75) is 20.0 Å². The van der Waals surface area contributed by atoms with Gasteiger partial charge in [-0.1, -0.05) is 23.4 Å². The summed E-state index contributed by atoms with van der Waals surface area (Å²) in [5, 5.41) is 10.9. The molecule has 1 fully saturated rings. The number of carbonyl (C=O) groups excluding carboxylic acids is 1. The number of halogens is 1. The van der Waals surface area contributed by atoms with E-state index in [4.69, 9.17) is 9.26 Å². The number of allylic oxidation sites excluding steroid dienone is 3. The zero-order valence-electron chi connectivity index (χ0n) is 17.1. The van der Waals surface area contributed by atoms with Gasteiger partial charge < -0.3 is 14.6 Å². The van der Waals surface area contributed by atoms with Crippen LogP contribution in [-0.4, -0.2) is 20.8 Å². The van der Waals surface area contributed by atoms with Crippen molar-refractivity contribution in [3.05, 3.63) is 83.5 Å². The Labute approximate surface area is 179 Å². The van der Waals surface area contributed by atoms with E-state index in [-0.39, 0.29) is 25.7 Å². The molecule has 7 nitrogen and oxygen atoms in total. The Kier molecular flexibility index (Phi) is 4.50. The normalized spacial score (nSPS) is 21.7. The number of hydrogen-bond acceptors (Lipinski definition) is 5. The second-order valence-corrected chi connectivity index (χ2v) is 7.95. The molecule has 0 saturated heterocycles. The Morgan fingerprint density at radius 3 is 2.84 bits per heavy atom. The third kappa shape index (κ3) is 3.34. The van der Waals surface area contributed by atoms with Gasteiger partial charge in [-0.15, -0.1) is 0 Å². The fourth-order valence-corrected chi connectivity index (χ4v) is 4.14. The van der Waals surface area contributed by atoms with E-state index in [1.807, 2.05) is 25.4 Å². The van der Waals surface area contributed by atoms with Crippen LogP contribution in [0.2, 0.25) is 0 Å². The summed E-state index contributed by atoms with van der Waals surface area (Å²) in [5.41, 5.74) is 2.59. The van der Waals surface area contributed by atoms with Crippen LogP contribution >= 0.6 is 0 Å². The molecule has 0 aliphatic heterocycles. The van der Waals surface area contributed by atoms with Gasteiger partial charge in [-0.2, -0.15) is 5.10 Å². The molecule has 0 radical (unpaired) electrons. The van der Waals surface area contributed by atoms with Crippen LogP contribution in [0.1, 0.15) is 24.7 Å². The van der Waals surface area contributed by atoms with Gasteiger partial charge in [-0.05, 0) is 42.7 Å². The Morgan fingerprint density at radius 1 is 1.35 bits per heavy atom. The van der Waals surface area contributed by atoms with Crippen molar-refractivity contribution in [1.29, 1.82) is 0 Å². The minimum atomic E-state index is -0.816. The first kappa shape index (κ1) is 19.3. The lowest BCUT2D eigenvalue weighted by Gasteiger charge is -2.24. The van der Waals surface area contributed by atoms with E-state index in [0.29, 0.717) is 23.6 Å². The topological polar surface area (TPSA) is 82.2 Å². The highest BCUT2D eigenvalue weighted by molar-refractivity contribution is 6.03. The molecule has 160 valence electrons. The van der Waals surface area contributed by atoms with Crippen molar-refractivity contribution < 1.29 is 19.9 Å². The van der Waals surface area contributed by atoms with Crippen LogP contribution in [0, 0.1) is 24.1 Å². The van der Waals surface area contributed by atoms with E-state index >= 15 is 0 Å². The Bertz CT molecular complexity index is 1210. The van der Waals surface area contributed by atoms with Crippen molar-refractivity contribution in [2.24, 2.45) is 18.4 Å². The maximum atomic E-state index is 13.4. The van der Waals surface area contributed by atoms with Crippen LogP contribution in [0.25, 0.3) is 5.57 Å². The van der Waals surface area contributed by atoms with E-state index in [1.54, 1.807) is 29.9 Å². The molecule has 2 atom stereocenters. The van der Waals surface area contributed by atoms with E-state index in [2.05, 4.69) is 15.6 Å². The maximum absolute atomic E-state index is 13.4. The number of fused-ring (bicyclic) bond motifs is 1. The largest absolute Gasteiger partial charge is 0.492 e. The molecule has 5 rings (SSSR count). The van der Waals surface area contributed by atoms with Gasteiger partial charge in [0.25, 0.3) is 0 Å². The number of ether oxygens (including phenoxy) is 1. The fraction of sp³-hybridized carbons (Fsp3) is 0.261. The van der Waals surface area contributed by atoms with E-state index in [1.165, 1.54) is 18.3 Å². The predicted molar refractivity (Wildman–Crippen MR) is 113 cm³/mol. The summed E-state index contributed by atoms with van der Waals surface area (Å²) in [7, 11) is 1.86. The smallest absolute Gasteiger partial charge is 0.239 e. The Hall–Kier alpha value is -3.68. The Balaban J connectivity index is 0.00000245. The van der Waals surface area contributed by atoms with Gasteiger partial charge in [-0.3, -0.25) is 9.48 Å². The molecule has 2 aromatic heterocycles. The van der Waals surface area contributed by atoms with Crippen molar-refractivity contribution in [3.63, 3.8) is 0 Å². The van der Waals surface area contributed by atoms with Crippen molar-refractivity contribution in [1.82, 2.24) is 14.9 Å². The molecule has 1 N–H and O–H groups in total. The van der Waals surface area contributed by atoms with E-state index in [9.17, 15) is 9.18 Å². The second kappa shape index (κ2) is 7.23. The molecular weight excluding hydrogens is 399 g/mol. The highest BCUT2D eigenvalue weighted by Gasteiger charge is 2.66. The number of benzene rings is 1. The molecular formula is C23H23FN4O3. The quantitative estimate of drug-likeness (QED) is 0.642. The summed E-state index contributed by atoms with van der Waals surface area (Å²) in [4.78, 5) is 13.4. The van der Waals surface area contributed by atoms with E-state index < -0.39 is 5.41 Å². The van der Waals surface area contributed by atoms with Crippen LogP contribution < -0.4 is 5.32 Å². The van der Waals surface area contributed by atoms with Gasteiger partial charge >= 0.3 is 0 Å². The number of nitrogens with zero attached hydrogens (tertiary/aromatic N) is 3. The molecule has 0 spiro atoms. The summed E-state index contributed by atoms with van der Waals surface area (Å²) >= 11 is 0. The minimum Gasteiger partial charge on any atom is -0.492 e. The lowest BCUT2D eigenvalue weighted by molar-refractivity contribution is -0.121. The average Bonchev–Trinajstić information content (AvgIpc) is 3.20. The van der Waals surface area contributed by atoms with Crippen molar-refractivity contribution in [3.8, 4) is 0 Å². The number of hydrogen-bond donors (Lipinski definition) is 1. The summed E-state index contributed by atoms with van der Waals surface area (Å²) in [6.45, 7) is 1.99. The summed E-state index contributed by atoms with van der Waals surface area (Å²) in [6, 6.07) is 6.14. The summed E-state index contributed by atoms with van der Waals surface area (Å²) < 4.78 is 26.1. The predicted octanol–water partition coefficient (Wildman–Crippen LogP) is 4.24. The van der Waals surface area contributed by atoms with Crippen LogP contribution in [0.4, 0.5) is 10.1 Å². The lowest BCUT2D eigenvalue weighted by Crippen LogP contribution is -2.30. The molecule has 2 heterocycles. The van der Waals surface area contributed by atoms with Gasteiger partial charge in [0.15, 0.2) is 5.76 Å². The van der Waals surface area contributed by atoms with Gasteiger partial charge in [0.1, 0.15) is 29.3 Å². The highest BCUT2D eigenvalue weighted by Crippen LogP contribution is 2.65. The number of carbonyl (C=O) groups is 1. The highest BCUT2D eigenvalue weighted by atomic mass is 19.1. The fourth-order valence-electron chi connectivity index (χ4n) is 4.14. The van der Waals surface area contributed by atoms with Gasteiger partial charge in [0.05, 0.1) is 12.4 Å². The monoisotopic (exact) mass is 422 g/mol. The first-order valence-electron chi connectivity index (χ1n) is 9.99. The number of rotatable bonds is 6. The standard InChI is InChI=1S/C23H21FN4O3.H2/c1-14-20(11-26-31-14)27-22(29)23-9-19(23)18(16-10-25-28(2)12-16)7-8-21(23)30-13-15-3-5-17(24)6-4-15;/h3-8,10-12,19H,9,13H2,1-2H3,(H,27,29);1H. The number of nitrogens with one attached hydrogen (secondary N) is 1. The number of aromatic nitrogens is 3. The lowest BCUT2D eigenvalue weighted by atomic mass is 9.88. The molecule has 8 heteroatoms. The van der Waals surface area contributed by atoms with Gasteiger partial charge in [0, 0.05) is 26.2 Å². The maximum Gasteiger partial charge on any atom is 0.239 e. The molecule has 1 aromatic carbocycles. The minimum absolute atomic E-state index is 0. The van der Waals surface area contributed by atoms with Crippen LogP contribution in [-0.2, 0) is 23.2 Å². The van der Waals surface area contributed by atoms with Crippen LogP contribution in [0.5, 0.6) is 0 Å². The number of aryl methyl sites for hydroxylation is 2. The molecule has 1 amide bonds. The summed E-state index contributed by atoms with van der Waals surface area (Å²) in [5.74, 6) is 0.653. The van der Waals surface area contributed by atoms with Crippen molar-refractivity contribution in [2.75, 3.05) is 5.32 Å². The SMILES string of the molecule is Cc1oncc1NC(=O)C12CC1C(c1cnn(C)c1)=CC=C2OCc1ccc(F)cc1.[HH]. The Morgan fingerprint density at radius 2 is 2.16 bits per heavy atom. The third-order valence-corrected chi connectivity index (χ3v) is 5.94. The molecule has 1 saturated carbocycles. The zero-order valence-corrected chi connectivity index (χ0v) is 17.1.